The number of aryl methyl sites for hydroxylation is 1. The van der Waals surface area contributed by atoms with E-state index < -0.39 is 9.80 Å². The van der Waals surface area contributed by atoms with Crippen molar-refractivity contribution in [3.8, 4) is 17.1 Å². The Morgan fingerprint density at radius 2 is 1.93 bits per heavy atom. The number of rotatable bonds is 11. The van der Waals surface area contributed by atoms with Crippen LogP contribution in [0.2, 0.25) is 0 Å². The van der Waals surface area contributed by atoms with E-state index in [0.29, 0.717) is 24.7 Å². The summed E-state index contributed by atoms with van der Waals surface area (Å²) in [7, 11) is -0.954. The molecule has 10 heteroatoms. The highest BCUT2D eigenvalue weighted by Crippen LogP contribution is 2.31. The molecule has 8 nitrogen and oxygen atoms in total. The van der Waals surface area contributed by atoms with Gasteiger partial charge in [0.15, 0.2) is 0 Å². The monoisotopic (exact) mass is 574 g/mol. The van der Waals surface area contributed by atoms with Crippen LogP contribution in [0.1, 0.15) is 16.9 Å². The summed E-state index contributed by atoms with van der Waals surface area (Å²) in [5.41, 5.74) is 4.23. The molecule has 2 aromatic heterocycles. The summed E-state index contributed by atoms with van der Waals surface area (Å²) in [6.45, 7) is 3.16. The molecule has 0 amide bonds. The first-order chi connectivity index (χ1) is 19.8. The second-order valence-electron chi connectivity index (χ2n) is 9.54. The zero-order valence-electron chi connectivity index (χ0n) is 23.0. The summed E-state index contributed by atoms with van der Waals surface area (Å²) in [6.07, 6.45) is 3.08. The van der Waals surface area contributed by atoms with E-state index in [4.69, 9.17) is 13.3 Å². The minimum Gasteiger partial charge on any atom is -0.489 e. The standard InChI is InChI=1S/C31H31FN4O4S/c1-21-15-25(8-11-29(21)39-19-22-5-4-6-24(32)16-22)36-31-27-17-23(7-10-28(27)34-20-35-31)30-12-9-26(40-30)18-33-13-14-41(3,37)38-2/h4-12,14-17,20,33H,13,18-19H2,1-3H3,(H,34,35,36). The molecule has 0 aliphatic rings. The first-order valence-corrected chi connectivity index (χ1v) is 14.9. The molecule has 212 valence electrons. The van der Waals surface area contributed by atoms with E-state index in [9.17, 15) is 8.60 Å². The summed E-state index contributed by atoms with van der Waals surface area (Å²) >= 11 is 0. The Hall–Kier alpha value is -4.25. The van der Waals surface area contributed by atoms with Gasteiger partial charge in [-0.1, -0.05) is 12.1 Å². The van der Waals surface area contributed by atoms with Crippen molar-refractivity contribution in [1.29, 1.82) is 0 Å². The lowest BCUT2D eigenvalue weighted by Crippen LogP contribution is -2.19. The Bertz CT molecular complexity index is 1800. The van der Waals surface area contributed by atoms with Crippen LogP contribution < -0.4 is 15.4 Å². The molecular weight excluding hydrogens is 543 g/mol. The highest BCUT2D eigenvalue weighted by atomic mass is 32.2. The molecule has 0 fully saturated rings. The van der Waals surface area contributed by atoms with Crippen LogP contribution in [0.4, 0.5) is 15.9 Å². The number of hydrogen-bond acceptors (Lipinski definition) is 8. The summed E-state index contributed by atoms with van der Waals surface area (Å²) in [5.74, 6) is 2.57. The molecule has 0 saturated heterocycles. The van der Waals surface area contributed by atoms with E-state index in [1.54, 1.807) is 17.7 Å². The van der Waals surface area contributed by atoms with Crippen LogP contribution in [0.3, 0.4) is 0 Å². The topological polar surface area (TPSA) is 98.5 Å². The van der Waals surface area contributed by atoms with E-state index in [-0.39, 0.29) is 12.4 Å². The lowest BCUT2D eigenvalue weighted by molar-refractivity contribution is 0.303. The highest BCUT2D eigenvalue weighted by molar-refractivity contribution is 7.96. The zero-order valence-corrected chi connectivity index (χ0v) is 23.8. The summed E-state index contributed by atoms with van der Waals surface area (Å²) in [4.78, 5) is 8.90. The van der Waals surface area contributed by atoms with Crippen LogP contribution in [-0.2, 0) is 27.1 Å². The van der Waals surface area contributed by atoms with Crippen molar-refractivity contribution in [2.75, 3.05) is 25.2 Å². The summed E-state index contributed by atoms with van der Waals surface area (Å²) in [5, 5.41) is 9.04. The third-order valence-electron chi connectivity index (χ3n) is 6.46. The third kappa shape index (κ3) is 7.29. The number of ether oxygens (including phenoxy) is 1. The number of benzene rings is 3. The average molecular weight is 575 g/mol. The van der Waals surface area contributed by atoms with E-state index >= 15 is 0 Å². The molecule has 0 bridgehead atoms. The Kier molecular flexibility index (Phi) is 8.63. The van der Waals surface area contributed by atoms with Gasteiger partial charge in [-0.15, -0.1) is 0 Å². The van der Waals surface area contributed by atoms with E-state index in [1.807, 2.05) is 61.5 Å². The largest absolute Gasteiger partial charge is 0.489 e. The van der Waals surface area contributed by atoms with Crippen molar-refractivity contribution in [3.05, 3.63) is 102 Å². The molecule has 3 aromatic carbocycles. The van der Waals surface area contributed by atoms with Gasteiger partial charge in [-0.25, -0.2) is 18.6 Å². The van der Waals surface area contributed by atoms with Crippen LogP contribution in [0, 0.1) is 12.7 Å². The smallest absolute Gasteiger partial charge is 0.141 e. The SMILES string of the molecule is COS(C)(=O)=CCNCc1ccc(-c2ccc3ncnc(Nc4ccc(OCc5cccc(F)c5)c(C)c4)c3c2)o1. The molecular formula is C31H31FN4O4S. The van der Waals surface area contributed by atoms with Crippen molar-refractivity contribution in [2.45, 2.75) is 20.1 Å². The van der Waals surface area contributed by atoms with Gasteiger partial charge >= 0.3 is 0 Å². The fourth-order valence-corrected chi connectivity index (χ4v) is 4.78. The first kappa shape index (κ1) is 28.3. The zero-order chi connectivity index (χ0) is 28.8. The Balaban J connectivity index is 1.29. The Morgan fingerprint density at radius 1 is 1.05 bits per heavy atom. The van der Waals surface area contributed by atoms with Crippen molar-refractivity contribution in [2.24, 2.45) is 0 Å². The van der Waals surface area contributed by atoms with Crippen LogP contribution in [-0.4, -0.2) is 39.5 Å². The maximum absolute atomic E-state index is 13.5. The predicted molar refractivity (Wildman–Crippen MR) is 161 cm³/mol. The fourth-order valence-electron chi connectivity index (χ4n) is 4.22. The minimum atomic E-state index is -2.38. The molecule has 2 N–H and O–H groups in total. The molecule has 1 atom stereocenters. The van der Waals surface area contributed by atoms with E-state index in [1.165, 1.54) is 25.6 Å². The lowest BCUT2D eigenvalue weighted by atomic mass is 10.1. The van der Waals surface area contributed by atoms with Crippen LogP contribution >= 0.6 is 0 Å². The van der Waals surface area contributed by atoms with Crippen LogP contribution in [0.5, 0.6) is 5.75 Å². The average Bonchev–Trinajstić information content (AvgIpc) is 3.44. The van der Waals surface area contributed by atoms with Crippen molar-refractivity contribution in [1.82, 2.24) is 15.3 Å². The Morgan fingerprint density at radius 3 is 2.73 bits per heavy atom. The molecule has 0 aliphatic carbocycles. The van der Waals surface area contributed by atoms with Crippen molar-refractivity contribution in [3.63, 3.8) is 0 Å². The fraction of sp³-hybridized carbons (Fsp3) is 0.194. The number of aromatic nitrogens is 2. The molecule has 2 heterocycles. The normalized spacial score (nSPS) is 12.7. The van der Waals surface area contributed by atoms with Gasteiger partial charge < -0.3 is 24.0 Å². The maximum atomic E-state index is 13.5. The molecule has 1 unspecified atom stereocenters. The van der Waals surface area contributed by atoms with E-state index in [2.05, 4.69) is 20.6 Å². The molecule has 0 saturated carbocycles. The number of nitrogens with one attached hydrogen (secondary N) is 2. The second-order valence-corrected chi connectivity index (χ2v) is 11.9. The lowest BCUT2D eigenvalue weighted by Gasteiger charge is -2.13. The van der Waals surface area contributed by atoms with E-state index in [0.717, 1.165) is 44.8 Å². The maximum Gasteiger partial charge on any atom is 0.141 e. The molecule has 5 aromatic rings. The van der Waals surface area contributed by atoms with Gasteiger partial charge in [-0.3, -0.25) is 0 Å². The van der Waals surface area contributed by atoms with Crippen molar-refractivity contribution < 1.29 is 21.9 Å². The third-order valence-corrected chi connectivity index (χ3v) is 7.90. The second kappa shape index (κ2) is 12.5. The number of furan rings is 1. The number of anilines is 2. The molecule has 41 heavy (non-hydrogen) atoms. The van der Waals surface area contributed by atoms with Gasteiger partial charge in [-0.2, -0.15) is 0 Å². The van der Waals surface area contributed by atoms with Gasteiger partial charge in [0.25, 0.3) is 0 Å². The summed E-state index contributed by atoms with van der Waals surface area (Å²) in [6, 6.07) is 21.9. The molecule has 0 spiro atoms. The van der Waals surface area contributed by atoms with Gasteiger partial charge in [0.05, 0.1) is 29.0 Å². The van der Waals surface area contributed by atoms with Gasteiger partial charge in [0.1, 0.15) is 41.8 Å². The van der Waals surface area contributed by atoms with Gasteiger partial charge in [0.2, 0.25) is 0 Å². The summed E-state index contributed by atoms with van der Waals surface area (Å²) < 4.78 is 42.3. The van der Waals surface area contributed by atoms with Crippen molar-refractivity contribution >= 4 is 37.6 Å². The van der Waals surface area contributed by atoms with Crippen LogP contribution in [0.25, 0.3) is 22.2 Å². The first-order valence-electron chi connectivity index (χ1n) is 13.0. The number of hydrogen-bond donors (Lipinski definition) is 2. The highest BCUT2D eigenvalue weighted by Gasteiger charge is 2.11. The molecule has 0 radical (unpaired) electrons. The van der Waals surface area contributed by atoms with Gasteiger partial charge in [0, 0.05) is 34.8 Å². The van der Waals surface area contributed by atoms with Crippen LogP contribution in [0.15, 0.2) is 83.5 Å². The predicted octanol–water partition coefficient (Wildman–Crippen LogP) is 6.03. The number of fused-ring (bicyclic) bond motifs is 1. The quantitative estimate of drug-likeness (QED) is 0.146. The minimum absolute atomic E-state index is 0.280. The molecule has 0 aliphatic heterocycles. The van der Waals surface area contributed by atoms with Gasteiger partial charge in [-0.05, 0) is 78.7 Å². The number of nitrogens with zero attached hydrogens (tertiary/aromatic N) is 2. The number of halogens is 1. The molecule has 5 rings (SSSR count). The Labute approximate surface area is 238 Å².